The van der Waals surface area contributed by atoms with Gasteiger partial charge in [-0.25, -0.2) is 4.98 Å². The Balaban J connectivity index is 1.45. The first-order valence-electron chi connectivity index (χ1n) is 11.0. The summed E-state index contributed by atoms with van der Waals surface area (Å²) in [5, 5.41) is 3.30. The van der Waals surface area contributed by atoms with E-state index in [0.29, 0.717) is 32.0 Å². The number of nitrogens with one attached hydrogen (secondary N) is 1. The summed E-state index contributed by atoms with van der Waals surface area (Å²) in [5.74, 6) is 1.30. The van der Waals surface area contributed by atoms with Crippen molar-refractivity contribution in [3.63, 3.8) is 0 Å². The zero-order chi connectivity index (χ0) is 22.4. The lowest BCUT2D eigenvalue weighted by molar-refractivity contribution is 0.276. The molecule has 172 valence electrons. The van der Waals surface area contributed by atoms with E-state index in [2.05, 4.69) is 39.1 Å². The molecule has 2 aromatic carbocycles. The summed E-state index contributed by atoms with van der Waals surface area (Å²) in [6.07, 6.45) is 8.18. The molecule has 2 N–H and O–H groups in total. The number of hydrogen-bond acceptors (Lipinski definition) is 6. The Kier molecular flexibility index (Phi) is 10.5. The van der Waals surface area contributed by atoms with Gasteiger partial charge in [0.05, 0.1) is 25.0 Å². The summed E-state index contributed by atoms with van der Waals surface area (Å²) in [6, 6.07) is 16.5. The van der Waals surface area contributed by atoms with Gasteiger partial charge in [0.15, 0.2) is 0 Å². The molecule has 0 aliphatic heterocycles. The second kappa shape index (κ2) is 13.9. The van der Waals surface area contributed by atoms with Gasteiger partial charge in [-0.05, 0) is 61.9 Å². The van der Waals surface area contributed by atoms with Gasteiger partial charge in [0.1, 0.15) is 12.0 Å². The van der Waals surface area contributed by atoms with Crippen LogP contribution in [0.3, 0.4) is 0 Å². The predicted molar refractivity (Wildman–Crippen MR) is 125 cm³/mol. The van der Waals surface area contributed by atoms with Crippen molar-refractivity contribution in [3.05, 3.63) is 72.1 Å². The molecule has 0 saturated carbocycles. The van der Waals surface area contributed by atoms with Crippen LogP contribution in [0.5, 0.6) is 5.75 Å². The van der Waals surface area contributed by atoms with Crippen LogP contribution in [0.1, 0.15) is 36.8 Å². The van der Waals surface area contributed by atoms with E-state index < -0.39 is 8.25 Å². The monoisotopic (exact) mass is 458 g/mol. The molecule has 1 unspecified atom stereocenters. The van der Waals surface area contributed by atoms with Crippen LogP contribution in [0.2, 0.25) is 0 Å². The van der Waals surface area contributed by atoms with Gasteiger partial charge in [-0.3, -0.25) is 4.57 Å². The largest absolute Gasteiger partial charge is 0.493 e. The van der Waals surface area contributed by atoms with Gasteiger partial charge in [-0.1, -0.05) is 36.4 Å². The second-order valence-electron chi connectivity index (χ2n) is 7.46. The Labute approximate surface area is 189 Å². The molecule has 8 heteroatoms. The van der Waals surface area contributed by atoms with Gasteiger partial charge in [-0.2, -0.15) is 0 Å². The minimum Gasteiger partial charge on any atom is -0.493 e. The molecule has 0 fully saturated rings. The Morgan fingerprint density at radius 2 is 1.88 bits per heavy atom. The van der Waals surface area contributed by atoms with Crippen molar-refractivity contribution < 1.29 is 23.1 Å². The molecule has 0 amide bonds. The number of ether oxygens (including phenoxy) is 1. The first kappa shape index (κ1) is 24.2. The Bertz CT molecular complexity index is 935. The minimum absolute atomic E-state index is 0.265. The van der Waals surface area contributed by atoms with E-state index in [1.807, 2.05) is 24.3 Å². The maximum absolute atomic E-state index is 10.5. The maximum atomic E-state index is 10.5. The van der Waals surface area contributed by atoms with Crippen LogP contribution >= 0.6 is 8.25 Å². The van der Waals surface area contributed by atoms with Crippen molar-refractivity contribution in [1.82, 2.24) is 10.3 Å². The van der Waals surface area contributed by atoms with Crippen molar-refractivity contribution in [3.8, 4) is 17.2 Å². The van der Waals surface area contributed by atoms with Gasteiger partial charge < -0.3 is 23.9 Å². The van der Waals surface area contributed by atoms with Crippen LogP contribution in [0.25, 0.3) is 11.5 Å². The highest BCUT2D eigenvalue weighted by atomic mass is 31.1. The molecule has 0 radical (unpaired) electrons. The lowest BCUT2D eigenvalue weighted by Gasteiger charge is -2.12. The van der Waals surface area contributed by atoms with Crippen LogP contribution in [-0.4, -0.2) is 29.6 Å². The summed E-state index contributed by atoms with van der Waals surface area (Å²) >= 11 is 0. The lowest BCUT2D eigenvalue weighted by Crippen LogP contribution is -2.16. The van der Waals surface area contributed by atoms with Crippen LogP contribution in [-0.2, 0) is 22.1 Å². The topological polar surface area (TPSA) is 93.8 Å². The zero-order valence-electron chi connectivity index (χ0n) is 18.2. The zero-order valence-corrected chi connectivity index (χ0v) is 19.2. The Morgan fingerprint density at radius 1 is 1.00 bits per heavy atom. The van der Waals surface area contributed by atoms with Gasteiger partial charge in [0, 0.05) is 6.54 Å². The highest BCUT2D eigenvalue weighted by Gasteiger charge is 2.12. The predicted octanol–water partition coefficient (Wildman–Crippen LogP) is 5.01. The van der Waals surface area contributed by atoms with Crippen LogP contribution < -0.4 is 10.1 Å². The molecule has 1 atom stereocenters. The number of oxazole rings is 1. The third-order valence-corrected chi connectivity index (χ3v) is 5.42. The summed E-state index contributed by atoms with van der Waals surface area (Å²) in [7, 11) is -2.84. The van der Waals surface area contributed by atoms with Crippen LogP contribution in [0.4, 0.5) is 0 Å². The number of benzene rings is 2. The van der Waals surface area contributed by atoms with Crippen LogP contribution in [0.15, 0.2) is 65.4 Å². The smallest absolute Gasteiger partial charge is 0.316 e. The first-order valence-corrected chi connectivity index (χ1v) is 12.2. The fourth-order valence-corrected chi connectivity index (χ4v) is 3.68. The third kappa shape index (κ3) is 8.60. The van der Waals surface area contributed by atoms with E-state index in [4.69, 9.17) is 14.0 Å². The molecule has 0 spiro atoms. The third-order valence-electron chi connectivity index (χ3n) is 4.97. The van der Waals surface area contributed by atoms with Gasteiger partial charge in [0.2, 0.25) is 5.89 Å². The molecule has 1 heterocycles. The van der Waals surface area contributed by atoms with Gasteiger partial charge in [0.25, 0.3) is 0 Å². The van der Waals surface area contributed by atoms with Crippen molar-refractivity contribution in [2.24, 2.45) is 0 Å². The number of aromatic nitrogens is 1. The molecule has 3 rings (SSSR count). The fourth-order valence-electron chi connectivity index (χ4n) is 3.36. The molecule has 7 nitrogen and oxygen atoms in total. The number of hydrogen-bond donors (Lipinski definition) is 2. The molecule has 0 saturated heterocycles. The van der Waals surface area contributed by atoms with Gasteiger partial charge in [-0.15, -0.1) is 0 Å². The average Bonchev–Trinajstić information content (AvgIpc) is 3.34. The summed E-state index contributed by atoms with van der Waals surface area (Å²) < 4.78 is 26.8. The molecule has 3 aromatic rings. The molecule has 0 aliphatic rings. The number of rotatable bonds is 15. The first-order chi connectivity index (χ1) is 15.7. The summed E-state index contributed by atoms with van der Waals surface area (Å²) in [6.45, 7) is 2.25. The van der Waals surface area contributed by atoms with E-state index in [1.165, 1.54) is 5.56 Å². The molecule has 0 aliphatic carbocycles. The van der Waals surface area contributed by atoms with E-state index >= 15 is 0 Å². The molecule has 1 aromatic heterocycles. The van der Waals surface area contributed by atoms with Crippen molar-refractivity contribution in [2.75, 3.05) is 19.8 Å². The minimum atomic E-state index is -2.84. The summed E-state index contributed by atoms with van der Waals surface area (Å²) in [5.41, 5.74) is 3.28. The number of unbranched alkanes of at least 4 members (excludes halogenated alkanes) is 2. The van der Waals surface area contributed by atoms with E-state index in [-0.39, 0.29) is 6.61 Å². The van der Waals surface area contributed by atoms with E-state index in [1.54, 1.807) is 12.5 Å². The normalized spacial score (nSPS) is 12.0. The van der Waals surface area contributed by atoms with E-state index in [0.717, 1.165) is 42.6 Å². The van der Waals surface area contributed by atoms with Gasteiger partial charge >= 0.3 is 8.25 Å². The van der Waals surface area contributed by atoms with E-state index in [9.17, 15) is 4.57 Å². The molecule has 32 heavy (non-hydrogen) atoms. The molecule has 0 bridgehead atoms. The number of nitrogens with zero attached hydrogens (tertiary/aromatic N) is 1. The quantitative estimate of drug-likeness (QED) is 0.244. The molecular weight excluding hydrogens is 427 g/mol. The average molecular weight is 458 g/mol. The highest BCUT2D eigenvalue weighted by Crippen LogP contribution is 2.30. The number of aryl methyl sites for hydroxylation is 1. The van der Waals surface area contributed by atoms with Crippen molar-refractivity contribution >= 4 is 8.25 Å². The standard InChI is InChI=1S/C24H31N2O5P/c27-32(28)31-16-7-13-25-19-21-11-12-23(22(18-21)24-26-14-17-30-24)29-15-6-2-5-10-20-8-3-1-4-9-20/h1,3-4,8-9,11-12,14,17-18,25,32H,2,5-7,10,13,15-16,19H2,(H,27,28). The Morgan fingerprint density at radius 3 is 2.66 bits per heavy atom. The maximum Gasteiger partial charge on any atom is 0.316 e. The fraction of sp³-hybridized carbons (Fsp3) is 0.375. The van der Waals surface area contributed by atoms with Crippen molar-refractivity contribution in [1.29, 1.82) is 0 Å². The molecular formula is C24H31N2O5P. The van der Waals surface area contributed by atoms with Crippen molar-refractivity contribution in [2.45, 2.75) is 38.6 Å². The Hall–Kier alpha value is -2.44. The summed E-state index contributed by atoms with van der Waals surface area (Å²) in [4.78, 5) is 12.9. The highest BCUT2D eigenvalue weighted by molar-refractivity contribution is 7.32. The SMILES string of the molecule is O=[PH](O)OCCCNCc1ccc(OCCCCCc2ccccc2)c(-c2ncco2)c1. The second-order valence-corrected chi connectivity index (χ2v) is 8.28. The lowest BCUT2D eigenvalue weighted by atomic mass is 10.1. The van der Waals surface area contributed by atoms with Crippen LogP contribution in [0, 0.1) is 0 Å².